The van der Waals surface area contributed by atoms with Gasteiger partial charge in [-0.25, -0.2) is 0 Å². The van der Waals surface area contributed by atoms with Crippen LogP contribution >= 0.6 is 0 Å². The Bertz CT molecular complexity index is 411. The lowest BCUT2D eigenvalue weighted by atomic mass is 10.0. The van der Waals surface area contributed by atoms with Crippen LogP contribution in [0.5, 0.6) is 5.75 Å². The van der Waals surface area contributed by atoms with Gasteiger partial charge in [0, 0.05) is 0 Å². The summed E-state index contributed by atoms with van der Waals surface area (Å²) >= 11 is 0. The molecule has 0 aliphatic rings. The fraction of sp³-hybridized carbons (Fsp3) is 0.308. The summed E-state index contributed by atoms with van der Waals surface area (Å²) in [5, 5.41) is 2.72. The summed E-state index contributed by atoms with van der Waals surface area (Å²) in [5.41, 5.74) is 3.04. The number of rotatable bonds is 4. The molecule has 0 fully saturated rings. The van der Waals surface area contributed by atoms with E-state index in [1.165, 1.54) is 11.6 Å². The van der Waals surface area contributed by atoms with E-state index >= 15 is 0 Å². The third-order valence-electron chi connectivity index (χ3n) is 2.48. The smallest absolute Gasteiger partial charge is 0.247 e. The van der Waals surface area contributed by atoms with E-state index < -0.39 is 0 Å². The molecule has 0 aromatic heterocycles. The molecule has 16 heavy (non-hydrogen) atoms. The van der Waals surface area contributed by atoms with E-state index in [0.29, 0.717) is 11.4 Å². The van der Waals surface area contributed by atoms with Crippen LogP contribution in [-0.2, 0) is 11.2 Å². The van der Waals surface area contributed by atoms with Crippen molar-refractivity contribution in [2.75, 3.05) is 12.4 Å². The van der Waals surface area contributed by atoms with Crippen LogP contribution in [0.4, 0.5) is 5.69 Å². The van der Waals surface area contributed by atoms with Gasteiger partial charge in [0.1, 0.15) is 5.75 Å². The number of nitrogens with one attached hydrogen (secondary N) is 1. The SMILES string of the molecule is C=CC(=O)Nc1cc(C)c(CC)cc1OC. The zero-order valence-electron chi connectivity index (χ0n) is 9.96. The van der Waals surface area contributed by atoms with Crippen molar-refractivity contribution in [3.8, 4) is 5.75 Å². The van der Waals surface area contributed by atoms with Crippen LogP contribution in [0.2, 0.25) is 0 Å². The van der Waals surface area contributed by atoms with Crippen LogP contribution in [-0.4, -0.2) is 13.0 Å². The highest BCUT2D eigenvalue weighted by atomic mass is 16.5. The van der Waals surface area contributed by atoms with Crippen molar-refractivity contribution in [1.82, 2.24) is 0 Å². The molecule has 86 valence electrons. The second-order valence-corrected chi connectivity index (χ2v) is 3.53. The predicted molar refractivity (Wildman–Crippen MR) is 65.9 cm³/mol. The van der Waals surface area contributed by atoms with Gasteiger partial charge in [-0.1, -0.05) is 13.5 Å². The Hall–Kier alpha value is -1.77. The van der Waals surface area contributed by atoms with E-state index in [2.05, 4.69) is 18.8 Å². The second kappa shape index (κ2) is 5.35. The summed E-state index contributed by atoms with van der Waals surface area (Å²) in [6.45, 7) is 7.52. The number of carbonyl (C=O) groups excluding carboxylic acids is 1. The molecule has 0 saturated heterocycles. The molecule has 1 rings (SSSR count). The lowest BCUT2D eigenvalue weighted by molar-refractivity contribution is -0.111. The van der Waals surface area contributed by atoms with Crippen LogP contribution in [0.25, 0.3) is 0 Å². The Kier molecular flexibility index (Phi) is 4.11. The highest BCUT2D eigenvalue weighted by molar-refractivity contribution is 6.00. The van der Waals surface area contributed by atoms with Crippen molar-refractivity contribution < 1.29 is 9.53 Å². The molecule has 0 atom stereocenters. The van der Waals surface area contributed by atoms with Crippen molar-refractivity contribution >= 4 is 11.6 Å². The van der Waals surface area contributed by atoms with Gasteiger partial charge in [-0.3, -0.25) is 4.79 Å². The summed E-state index contributed by atoms with van der Waals surface area (Å²) in [4.78, 5) is 11.2. The molecule has 0 spiro atoms. The average Bonchev–Trinajstić information content (AvgIpc) is 2.29. The van der Waals surface area contributed by atoms with Crippen LogP contribution in [0.3, 0.4) is 0 Å². The third kappa shape index (κ3) is 2.63. The predicted octanol–water partition coefficient (Wildman–Crippen LogP) is 2.69. The quantitative estimate of drug-likeness (QED) is 0.791. The van der Waals surface area contributed by atoms with Gasteiger partial charge in [-0.05, 0) is 42.7 Å². The minimum atomic E-state index is -0.234. The molecule has 0 saturated carbocycles. The van der Waals surface area contributed by atoms with Crippen LogP contribution in [0, 0.1) is 6.92 Å². The number of methoxy groups -OCH3 is 1. The Morgan fingerprint density at radius 2 is 2.25 bits per heavy atom. The molecule has 1 aromatic rings. The largest absolute Gasteiger partial charge is 0.495 e. The van der Waals surface area contributed by atoms with E-state index in [1.807, 2.05) is 19.1 Å². The standard InChI is InChI=1S/C13H17NO2/c1-5-10-8-12(16-4)11(7-9(10)3)14-13(15)6-2/h6-8H,2,5H2,1,3-4H3,(H,14,15). The third-order valence-corrected chi connectivity index (χ3v) is 2.48. The lowest BCUT2D eigenvalue weighted by Gasteiger charge is -2.12. The summed E-state index contributed by atoms with van der Waals surface area (Å²) in [7, 11) is 1.59. The minimum Gasteiger partial charge on any atom is -0.495 e. The number of hydrogen-bond acceptors (Lipinski definition) is 2. The fourth-order valence-corrected chi connectivity index (χ4v) is 1.56. The molecule has 3 nitrogen and oxygen atoms in total. The average molecular weight is 219 g/mol. The first kappa shape index (κ1) is 12.3. The van der Waals surface area contributed by atoms with Crippen LogP contribution in [0.15, 0.2) is 24.8 Å². The van der Waals surface area contributed by atoms with Crippen LogP contribution in [0.1, 0.15) is 18.1 Å². The Labute approximate surface area is 96.1 Å². The molecule has 1 N–H and O–H groups in total. The highest BCUT2D eigenvalue weighted by Crippen LogP contribution is 2.28. The van der Waals surface area contributed by atoms with Crippen molar-refractivity contribution in [1.29, 1.82) is 0 Å². The van der Waals surface area contributed by atoms with Gasteiger partial charge in [0.2, 0.25) is 5.91 Å². The molecule has 1 aromatic carbocycles. The van der Waals surface area contributed by atoms with Gasteiger partial charge >= 0.3 is 0 Å². The molecule has 0 aliphatic heterocycles. The molecular formula is C13H17NO2. The number of anilines is 1. The normalized spacial score (nSPS) is 9.69. The molecule has 0 heterocycles. The topological polar surface area (TPSA) is 38.3 Å². The maximum absolute atomic E-state index is 11.2. The summed E-state index contributed by atoms with van der Waals surface area (Å²) in [5.74, 6) is 0.444. The van der Waals surface area contributed by atoms with Gasteiger partial charge in [0.15, 0.2) is 0 Å². The number of amides is 1. The molecule has 1 amide bonds. The molecule has 0 radical (unpaired) electrons. The molecule has 3 heteroatoms. The fourth-order valence-electron chi connectivity index (χ4n) is 1.56. The first-order valence-corrected chi connectivity index (χ1v) is 5.23. The van der Waals surface area contributed by atoms with Crippen molar-refractivity contribution in [2.45, 2.75) is 20.3 Å². The molecule has 0 aliphatic carbocycles. The minimum absolute atomic E-state index is 0.234. The Morgan fingerprint density at radius 3 is 2.75 bits per heavy atom. The van der Waals surface area contributed by atoms with E-state index in [-0.39, 0.29) is 5.91 Å². The van der Waals surface area contributed by atoms with Crippen LogP contribution < -0.4 is 10.1 Å². The number of carbonyl (C=O) groups is 1. The van der Waals surface area contributed by atoms with E-state index in [1.54, 1.807) is 7.11 Å². The van der Waals surface area contributed by atoms with Crippen molar-refractivity contribution in [3.63, 3.8) is 0 Å². The maximum Gasteiger partial charge on any atom is 0.247 e. The van der Waals surface area contributed by atoms with E-state index in [0.717, 1.165) is 12.0 Å². The molecule has 0 bridgehead atoms. The Morgan fingerprint density at radius 1 is 1.56 bits per heavy atom. The molecule has 0 unspecified atom stereocenters. The second-order valence-electron chi connectivity index (χ2n) is 3.53. The van der Waals surface area contributed by atoms with Gasteiger partial charge in [0.05, 0.1) is 12.8 Å². The van der Waals surface area contributed by atoms with Crippen molar-refractivity contribution in [3.05, 3.63) is 35.9 Å². The van der Waals surface area contributed by atoms with Gasteiger partial charge in [-0.15, -0.1) is 0 Å². The molecular weight excluding hydrogens is 202 g/mol. The van der Waals surface area contributed by atoms with Crippen molar-refractivity contribution in [2.24, 2.45) is 0 Å². The summed E-state index contributed by atoms with van der Waals surface area (Å²) in [6, 6.07) is 3.87. The Balaban J connectivity index is 3.12. The zero-order valence-corrected chi connectivity index (χ0v) is 9.96. The zero-order chi connectivity index (χ0) is 12.1. The first-order valence-electron chi connectivity index (χ1n) is 5.23. The number of ether oxygens (including phenoxy) is 1. The monoisotopic (exact) mass is 219 g/mol. The number of aryl methyl sites for hydroxylation is 2. The van der Waals surface area contributed by atoms with E-state index in [4.69, 9.17) is 4.74 Å². The maximum atomic E-state index is 11.2. The van der Waals surface area contributed by atoms with Gasteiger partial charge in [0.25, 0.3) is 0 Å². The lowest BCUT2D eigenvalue weighted by Crippen LogP contribution is -2.09. The highest BCUT2D eigenvalue weighted by Gasteiger charge is 2.08. The number of benzene rings is 1. The van der Waals surface area contributed by atoms with E-state index in [9.17, 15) is 4.79 Å². The number of hydrogen-bond donors (Lipinski definition) is 1. The first-order chi connectivity index (χ1) is 7.62. The van der Waals surface area contributed by atoms with Gasteiger partial charge < -0.3 is 10.1 Å². The summed E-state index contributed by atoms with van der Waals surface area (Å²) < 4.78 is 5.24. The summed E-state index contributed by atoms with van der Waals surface area (Å²) in [6.07, 6.45) is 2.18. The van der Waals surface area contributed by atoms with Gasteiger partial charge in [-0.2, -0.15) is 0 Å².